The predicted molar refractivity (Wildman–Crippen MR) is 106 cm³/mol. The molecule has 0 spiro atoms. The quantitative estimate of drug-likeness (QED) is 0.540. The summed E-state index contributed by atoms with van der Waals surface area (Å²) < 4.78 is 11.2. The van der Waals surface area contributed by atoms with E-state index in [4.69, 9.17) is 14.5 Å². The topological polar surface area (TPSA) is 59.0 Å². The lowest BCUT2D eigenvalue weighted by atomic mass is 9.96. The number of hydrogen-bond donors (Lipinski definition) is 1. The van der Waals surface area contributed by atoms with Crippen LogP contribution in [0, 0.1) is 5.92 Å². The zero-order valence-electron chi connectivity index (χ0n) is 16.5. The Bertz CT molecular complexity index is 544. The van der Waals surface area contributed by atoms with Crippen LogP contribution in [-0.4, -0.2) is 55.8 Å². The normalized spacial score (nSPS) is 15.7. The van der Waals surface area contributed by atoms with Gasteiger partial charge in [-0.05, 0) is 44.6 Å². The molecule has 2 rings (SSSR count). The summed E-state index contributed by atoms with van der Waals surface area (Å²) in [6, 6.07) is 3.97. The van der Waals surface area contributed by atoms with Crippen LogP contribution in [0.3, 0.4) is 0 Å². The van der Waals surface area contributed by atoms with Crippen LogP contribution in [-0.2, 0) is 11.3 Å². The van der Waals surface area contributed by atoms with Crippen LogP contribution in [0.2, 0.25) is 0 Å². The Hall–Kier alpha value is -1.82. The Kier molecular flexibility index (Phi) is 9.24. The molecule has 1 saturated heterocycles. The van der Waals surface area contributed by atoms with Crippen molar-refractivity contribution >= 4 is 5.96 Å². The van der Waals surface area contributed by atoms with Gasteiger partial charge in [0.1, 0.15) is 0 Å². The van der Waals surface area contributed by atoms with Gasteiger partial charge in [0.05, 0.1) is 13.2 Å². The lowest BCUT2D eigenvalue weighted by Gasteiger charge is -2.27. The number of hydrogen-bond acceptors (Lipinski definition) is 4. The van der Waals surface area contributed by atoms with Gasteiger partial charge in [-0.2, -0.15) is 0 Å². The predicted octanol–water partition coefficient (Wildman–Crippen LogP) is 3.08. The maximum absolute atomic E-state index is 5.74. The molecule has 146 valence electrons. The standard InChI is InChI=1S/C20H34N4O2/c1-4-13-26-19-18(7-6-11-22-19)16-23-20(21-5-2)24(3)12-8-17-9-14-25-15-10-17/h6-7,11,17H,4-5,8-10,12-16H2,1-3H3,(H,21,23). The number of aromatic nitrogens is 1. The van der Waals surface area contributed by atoms with Gasteiger partial charge in [-0.25, -0.2) is 9.98 Å². The lowest BCUT2D eigenvalue weighted by molar-refractivity contribution is 0.0625. The molecule has 0 bridgehead atoms. The van der Waals surface area contributed by atoms with Gasteiger partial charge in [0.2, 0.25) is 5.88 Å². The summed E-state index contributed by atoms with van der Waals surface area (Å²) in [5.41, 5.74) is 1.02. The Balaban J connectivity index is 1.94. The number of pyridine rings is 1. The molecule has 1 aliphatic rings. The molecule has 26 heavy (non-hydrogen) atoms. The summed E-state index contributed by atoms with van der Waals surface area (Å²) in [6.07, 6.45) is 6.27. The third kappa shape index (κ3) is 6.83. The van der Waals surface area contributed by atoms with Crippen molar-refractivity contribution in [1.82, 2.24) is 15.2 Å². The van der Waals surface area contributed by atoms with E-state index in [2.05, 4.69) is 36.1 Å². The van der Waals surface area contributed by atoms with E-state index in [1.165, 1.54) is 19.3 Å². The number of aliphatic imine (C=N–C) groups is 1. The maximum atomic E-state index is 5.74. The number of guanidine groups is 1. The summed E-state index contributed by atoms with van der Waals surface area (Å²) >= 11 is 0. The van der Waals surface area contributed by atoms with Gasteiger partial charge in [-0.3, -0.25) is 0 Å². The molecule has 0 unspecified atom stereocenters. The highest BCUT2D eigenvalue weighted by Crippen LogP contribution is 2.19. The van der Waals surface area contributed by atoms with Crippen molar-refractivity contribution in [2.75, 3.05) is 40.0 Å². The van der Waals surface area contributed by atoms with Crippen molar-refractivity contribution in [2.45, 2.75) is 46.1 Å². The van der Waals surface area contributed by atoms with E-state index in [0.717, 1.165) is 50.2 Å². The van der Waals surface area contributed by atoms with E-state index in [-0.39, 0.29) is 0 Å². The highest BCUT2D eigenvalue weighted by molar-refractivity contribution is 5.79. The van der Waals surface area contributed by atoms with E-state index in [9.17, 15) is 0 Å². The Labute approximate surface area is 158 Å². The molecule has 0 aromatic carbocycles. The van der Waals surface area contributed by atoms with Crippen LogP contribution in [0.4, 0.5) is 0 Å². The Morgan fingerprint density at radius 1 is 1.38 bits per heavy atom. The van der Waals surface area contributed by atoms with Crippen LogP contribution in [0.15, 0.2) is 23.3 Å². The molecule has 0 saturated carbocycles. The molecule has 1 aliphatic heterocycles. The zero-order valence-corrected chi connectivity index (χ0v) is 16.5. The molecular formula is C20H34N4O2. The SMILES string of the molecule is CCCOc1ncccc1CN=C(NCC)N(C)CCC1CCOCC1. The average molecular weight is 363 g/mol. The van der Waals surface area contributed by atoms with Gasteiger partial charge < -0.3 is 19.7 Å². The molecule has 1 aromatic rings. The summed E-state index contributed by atoms with van der Waals surface area (Å²) in [7, 11) is 2.11. The first-order valence-electron chi connectivity index (χ1n) is 9.88. The summed E-state index contributed by atoms with van der Waals surface area (Å²) in [4.78, 5) is 11.4. The number of nitrogens with one attached hydrogen (secondary N) is 1. The first-order valence-corrected chi connectivity index (χ1v) is 9.88. The van der Waals surface area contributed by atoms with Crippen LogP contribution in [0.25, 0.3) is 0 Å². The van der Waals surface area contributed by atoms with Crippen molar-refractivity contribution in [3.8, 4) is 5.88 Å². The fraction of sp³-hybridized carbons (Fsp3) is 0.700. The van der Waals surface area contributed by atoms with Gasteiger partial charge in [0.15, 0.2) is 5.96 Å². The highest BCUT2D eigenvalue weighted by Gasteiger charge is 2.15. The molecule has 1 aromatic heterocycles. The minimum absolute atomic E-state index is 0.566. The van der Waals surface area contributed by atoms with Crippen molar-refractivity contribution in [3.63, 3.8) is 0 Å². The minimum Gasteiger partial charge on any atom is -0.477 e. The first kappa shape index (κ1) is 20.5. The van der Waals surface area contributed by atoms with Crippen molar-refractivity contribution < 1.29 is 9.47 Å². The van der Waals surface area contributed by atoms with E-state index in [1.807, 2.05) is 12.1 Å². The van der Waals surface area contributed by atoms with E-state index in [1.54, 1.807) is 6.20 Å². The second kappa shape index (κ2) is 11.7. The van der Waals surface area contributed by atoms with Gasteiger partial charge in [-0.15, -0.1) is 0 Å². The molecule has 2 heterocycles. The third-order valence-corrected chi connectivity index (χ3v) is 4.60. The molecule has 0 amide bonds. The maximum Gasteiger partial charge on any atom is 0.218 e. The number of rotatable bonds is 9. The molecule has 6 nitrogen and oxygen atoms in total. The number of ether oxygens (including phenoxy) is 2. The number of nitrogens with zero attached hydrogens (tertiary/aromatic N) is 3. The lowest BCUT2D eigenvalue weighted by Crippen LogP contribution is -2.40. The Morgan fingerprint density at radius 2 is 2.19 bits per heavy atom. The van der Waals surface area contributed by atoms with Crippen LogP contribution >= 0.6 is 0 Å². The smallest absolute Gasteiger partial charge is 0.218 e. The Morgan fingerprint density at radius 3 is 2.92 bits per heavy atom. The van der Waals surface area contributed by atoms with Gasteiger partial charge in [-0.1, -0.05) is 13.0 Å². The molecule has 0 atom stereocenters. The fourth-order valence-corrected chi connectivity index (χ4v) is 3.02. The second-order valence-electron chi connectivity index (χ2n) is 6.75. The largest absolute Gasteiger partial charge is 0.477 e. The van der Waals surface area contributed by atoms with Gasteiger partial charge in [0.25, 0.3) is 0 Å². The zero-order chi connectivity index (χ0) is 18.6. The molecular weight excluding hydrogens is 328 g/mol. The highest BCUT2D eigenvalue weighted by atomic mass is 16.5. The molecule has 0 aliphatic carbocycles. The summed E-state index contributed by atoms with van der Waals surface area (Å²) in [6.45, 7) is 9.11. The van der Waals surface area contributed by atoms with Gasteiger partial charge >= 0.3 is 0 Å². The molecule has 1 fully saturated rings. The van der Waals surface area contributed by atoms with E-state index >= 15 is 0 Å². The summed E-state index contributed by atoms with van der Waals surface area (Å²) in [5.74, 6) is 2.39. The average Bonchev–Trinajstić information content (AvgIpc) is 2.69. The third-order valence-electron chi connectivity index (χ3n) is 4.60. The van der Waals surface area contributed by atoms with Gasteiger partial charge in [0, 0.05) is 45.1 Å². The monoisotopic (exact) mass is 362 g/mol. The molecule has 0 radical (unpaired) electrons. The minimum atomic E-state index is 0.566. The van der Waals surface area contributed by atoms with Crippen molar-refractivity contribution in [2.24, 2.45) is 10.9 Å². The fourth-order valence-electron chi connectivity index (χ4n) is 3.02. The molecule has 1 N–H and O–H groups in total. The second-order valence-corrected chi connectivity index (χ2v) is 6.75. The van der Waals surface area contributed by atoms with E-state index < -0.39 is 0 Å². The van der Waals surface area contributed by atoms with Crippen molar-refractivity contribution in [1.29, 1.82) is 0 Å². The van der Waals surface area contributed by atoms with E-state index in [0.29, 0.717) is 19.0 Å². The van der Waals surface area contributed by atoms with Crippen LogP contribution < -0.4 is 10.1 Å². The summed E-state index contributed by atoms with van der Waals surface area (Å²) in [5, 5.41) is 3.39. The van der Waals surface area contributed by atoms with Crippen molar-refractivity contribution in [3.05, 3.63) is 23.9 Å². The van der Waals surface area contributed by atoms with Crippen LogP contribution in [0.1, 0.15) is 45.1 Å². The molecule has 6 heteroatoms. The first-order chi connectivity index (χ1) is 12.7. The van der Waals surface area contributed by atoms with Crippen LogP contribution in [0.5, 0.6) is 5.88 Å².